The monoisotopic (exact) mass is 422 g/mol. The highest BCUT2D eigenvalue weighted by atomic mass is 16.4. The molecule has 1 heterocycles. The van der Waals surface area contributed by atoms with Gasteiger partial charge < -0.3 is 15.0 Å². The van der Waals surface area contributed by atoms with Crippen LogP contribution in [0.1, 0.15) is 103 Å². The summed E-state index contributed by atoms with van der Waals surface area (Å²) in [5.74, 6) is -0.108. The van der Waals surface area contributed by atoms with E-state index in [-0.39, 0.29) is 13.2 Å². The molecule has 1 aliphatic rings. The first-order chi connectivity index (χ1) is 14.6. The van der Waals surface area contributed by atoms with Gasteiger partial charge in [0.05, 0.1) is 19.1 Å². The number of unbranched alkanes of at least 4 members (excludes halogenated alkanes) is 12. The zero-order chi connectivity index (χ0) is 21.9. The molecule has 0 fully saturated rings. The lowest BCUT2D eigenvalue weighted by Crippen LogP contribution is -2.57. The molecule has 0 aromatic rings. The minimum absolute atomic E-state index is 0.0142. The highest BCUT2D eigenvalue weighted by Gasteiger charge is 2.37. The van der Waals surface area contributed by atoms with Gasteiger partial charge in [0.1, 0.15) is 19.6 Å². The van der Waals surface area contributed by atoms with Crippen LogP contribution in [0.25, 0.3) is 0 Å². The van der Waals surface area contributed by atoms with Crippen molar-refractivity contribution < 1.29 is 19.5 Å². The van der Waals surface area contributed by atoms with E-state index in [4.69, 9.17) is 0 Å². The van der Waals surface area contributed by atoms with Gasteiger partial charge >= 0.3 is 0 Å². The fourth-order valence-corrected chi connectivity index (χ4v) is 4.43. The topological polar surface area (TPSA) is 72.7 Å². The van der Waals surface area contributed by atoms with Gasteiger partial charge in [-0.1, -0.05) is 76.9 Å². The van der Waals surface area contributed by atoms with E-state index in [1.807, 2.05) is 0 Å². The van der Waals surface area contributed by atoms with Crippen molar-refractivity contribution in [1.82, 2.24) is 0 Å². The van der Waals surface area contributed by atoms with Crippen LogP contribution in [0.5, 0.6) is 0 Å². The van der Waals surface area contributed by atoms with Gasteiger partial charge in [0.15, 0.2) is 5.84 Å². The predicted octanol–water partition coefficient (Wildman–Crippen LogP) is 4.39. The van der Waals surface area contributed by atoms with Crippen LogP contribution >= 0.6 is 0 Å². The first-order valence-corrected chi connectivity index (χ1v) is 12.5. The quantitative estimate of drug-likeness (QED) is 0.180. The summed E-state index contributed by atoms with van der Waals surface area (Å²) in [6, 6.07) is 0. The third-order valence-corrected chi connectivity index (χ3v) is 6.24. The standard InChI is InChI=1S/C25H46N2O3/c1-2-3-4-5-6-7-8-9-10-11-12-13-14-15-16-17-18-24-26-19-20-27(24,21-22-28)23-25(29)30/h9-10,28H,2-8,11-23H2,1H3/b10-9-. The van der Waals surface area contributed by atoms with E-state index >= 15 is 0 Å². The van der Waals surface area contributed by atoms with Crippen molar-refractivity contribution in [3.8, 4) is 0 Å². The number of rotatable bonds is 20. The number of carboxylic acid groups (broad SMARTS) is 1. The van der Waals surface area contributed by atoms with Crippen LogP contribution in [0, 0.1) is 0 Å². The van der Waals surface area contributed by atoms with Gasteiger partial charge in [-0.05, 0) is 32.1 Å². The molecule has 0 spiro atoms. The Morgan fingerprint density at radius 1 is 0.967 bits per heavy atom. The van der Waals surface area contributed by atoms with Crippen LogP contribution in [-0.2, 0) is 4.79 Å². The molecule has 5 nitrogen and oxygen atoms in total. The van der Waals surface area contributed by atoms with Crippen molar-refractivity contribution in [3.05, 3.63) is 12.2 Å². The second kappa shape index (κ2) is 17.5. The number of carboxylic acids is 1. The van der Waals surface area contributed by atoms with Crippen molar-refractivity contribution in [1.29, 1.82) is 0 Å². The average molecular weight is 423 g/mol. The molecule has 0 aliphatic carbocycles. The van der Waals surface area contributed by atoms with Gasteiger partial charge in [-0.15, -0.1) is 0 Å². The largest absolute Gasteiger partial charge is 0.544 e. The van der Waals surface area contributed by atoms with Gasteiger partial charge in [0, 0.05) is 6.42 Å². The first kappa shape index (κ1) is 26.8. The molecular weight excluding hydrogens is 376 g/mol. The van der Waals surface area contributed by atoms with Crippen LogP contribution in [0.4, 0.5) is 0 Å². The maximum atomic E-state index is 11.1. The molecule has 1 rings (SSSR count). The smallest absolute Gasteiger partial charge is 0.198 e. The molecule has 0 radical (unpaired) electrons. The highest BCUT2D eigenvalue weighted by molar-refractivity contribution is 5.79. The Balaban J connectivity index is 2.00. The number of amidine groups is 1. The lowest BCUT2D eigenvalue weighted by atomic mass is 10.1. The van der Waals surface area contributed by atoms with E-state index in [1.54, 1.807) is 0 Å². The SMILES string of the molecule is CCCCCCCC/C=C\CCCCCCCCC1=NCC[N+]1(CCO)CC(=O)[O-]. The van der Waals surface area contributed by atoms with Crippen molar-refractivity contribution in [2.75, 3.05) is 32.8 Å². The summed E-state index contributed by atoms with van der Waals surface area (Å²) in [5.41, 5.74) is 0. The van der Waals surface area contributed by atoms with E-state index in [9.17, 15) is 15.0 Å². The molecule has 0 saturated carbocycles. The summed E-state index contributed by atoms with van der Waals surface area (Å²) in [6.45, 7) is 3.95. The van der Waals surface area contributed by atoms with Gasteiger partial charge in [0.25, 0.3) is 0 Å². The lowest BCUT2D eigenvalue weighted by Gasteiger charge is -2.34. The molecular formula is C25H46N2O3. The number of hydrogen-bond acceptors (Lipinski definition) is 4. The number of aliphatic hydroxyl groups excluding tert-OH is 1. The minimum atomic E-state index is -1.06. The fourth-order valence-electron chi connectivity index (χ4n) is 4.43. The summed E-state index contributed by atoms with van der Waals surface area (Å²) >= 11 is 0. The van der Waals surface area contributed by atoms with Crippen LogP contribution < -0.4 is 5.11 Å². The number of allylic oxidation sites excluding steroid dienone is 2. The molecule has 1 atom stereocenters. The summed E-state index contributed by atoms with van der Waals surface area (Å²) < 4.78 is 0.296. The summed E-state index contributed by atoms with van der Waals surface area (Å²) in [5, 5.41) is 20.5. The molecule has 1 unspecified atom stereocenters. The molecule has 1 N–H and O–H groups in total. The zero-order valence-electron chi connectivity index (χ0n) is 19.5. The number of hydrogen-bond donors (Lipinski definition) is 1. The van der Waals surface area contributed by atoms with E-state index in [0.29, 0.717) is 24.1 Å². The van der Waals surface area contributed by atoms with Crippen molar-refractivity contribution in [2.45, 2.75) is 103 Å². The van der Waals surface area contributed by atoms with Crippen molar-refractivity contribution >= 4 is 11.8 Å². The van der Waals surface area contributed by atoms with Crippen LogP contribution in [0.15, 0.2) is 17.1 Å². The van der Waals surface area contributed by atoms with Crippen LogP contribution in [-0.4, -0.2) is 54.2 Å². The number of carbonyl (C=O) groups excluding carboxylic acids is 1. The minimum Gasteiger partial charge on any atom is -0.544 e. The lowest BCUT2D eigenvalue weighted by molar-refractivity contribution is -0.831. The fraction of sp³-hybridized carbons (Fsp3) is 0.840. The Morgan fingerprint density at radius 3 is 2.10 bits per heavy atom. The third kappa shape index (κ3) is 11.8. The maximum Gasteiger partial charge on any atom is 0.198 e. The number of aliphatic imine (C=N–C) groups is 1. The Hall–Kier alpha value is -1.20. The number of aliphatic carboxylic acids is 1. The first-order valence-electron chi connectivity index (χ1n) is 12.5. The Labute approximate surface area is 184 Å². The van der Waals surface area contributed by atoms with E-state index in [1.165, 1.54) is 77.0 Å². The summed E-state index contributed by atoms with van der Waals surface area (Å²) in [6.07, 6.45) is 23.5. The van der Waals surface area contributed by atoms with E-state index < -0.39 is 5.97 Å². The Bertz CT molecular complexity index is 505. The average Bonchev–Trinajstić information content (AvgIpc) is 3.09. The summed E-state index contributed by atoms with van der Waals surface area (Å²) in [7, 11) is 0. The molecule has 174 valence electrons. The maximum absolute atomic E-state index is 11.1. The van der Waals surface area contributed by atoms with E-state index in [2.05, 4.69) is 24.1 Å². The van der Waals surface area contributed by atoms with Gasteiger partial charge in [-0.3, -0.25) is 4.48 Å². The van der Waals surface area contributed by atoms with Gasteiger partial charge in [0.2, 0.25) is 0 Å². The van der Waals surface area contributed by atoms with Crippen molar-refractivity contribution in [2.24, 2.45) is 4.99 Å². The highest BCUT2D eigenvalue weighted by Crippen LogP contribution is 2.20. The Kier molecular flexibility index (Phi) is 15.6. The second-order valence-electron chi connectivity index (χ2n) is 8.83. The molecule has 0 amide bonds. The predicted molar refractivity (Wildman–Crippen MR) is 123 cm³/mol. The number of quaternary nitrogens is 1. The summed E-state index contributed by atoms with van der Waals surface area (Å²) in [4.78, 5) is 15.7. The van der Waals surface area contributed by atoms with Crippen LogP contribution in [0.2, 0.25) is 0 Å². The van der Waals surface area contributed by atoms with E-state index in [0.717, 1.165) is 25.1 Å². The molecule has 0 saturated heterocycles. The van der Waals surface area contributed by atoms with Crippen LogP contribution in [0.3, 0.4) is 0 Å². The van der Waals surface area contributed by atoms with Crippen molar-refractivity contribution in [3.63, 3.8) is 0 Å². The second-order valence-corrected chi connectivity index (χ2v) is 8.83. The Morgan fingerprint density at radius 2 is 1.53 bits per heavy atom. The molecule has 5 heteroatoms. The van der Waals surface area contributed by atoms with Gasteiger partial charge in [-0.25, -0.2) is 4.99 Å². The molecule has 0 aromatic heterocycles. The number of aliphatic hydroxyl groups is 1. The number of nitrogens with zero attached hydrogens (tertiary/aromatic N) is 2. The molecule has 30 heavy (non-hydrogen) atoms. The zero-order valence-corrected chi connectivity index (χ0v) is 19.5. The normalized spacial score (nSPS) is 18.9. The third-order valence-electron chi connectivity index (χ3n) is 6.24. The molecule has 1 aliphatic heterocycles. The molecule has 0 bridgehead atoms. The molecule has 0 aromatic carbocycles. The number of carbonyl (C=O) groups is 1. The van der Waals surface area contributed by atoms with Gasteiger partial charge in [-0.2, -0.15) is 0 Å².